The molecule has 0 atom stereocenters. The summed E-state index contributed by atoms with van der Waals surface area (Å²) >= 11 is 0. The van der Waals surface area contributed by atoms with Crippen molar-refractivity contribution in [2.75, 3.05) is 0 Å². The lowest BCUT2D eigenvalue weighted by Gasteiger charge is -1.88. The monoisotopic (exact) mass is 221 g/mol. The van der Waals surface area contributed by atoms with Gasteiger partial charge in [-0.15, -0.1) is 0 Å². The molecule has 0 saturated carbocycles. The topological polar surface area (TPSA) is 81.2 Å². The smallest absolute Gasteiger partial charge is 0.373 e. The molecule has 84 valence electrons. The number of carbonyl (C=O) groups is 1. The number of carboxylic acids is 1. The van der Waals surface area contributed by atoms with Crippen molar-refractivity contribution in [1.29, 1.82) is 0 Å². The van der Waals surface area contributed by atoms with Crippen molar-refractivity contribution >= 4 is 5.97 Å². The van der Waals surface area contributed by atoms with Gasteiger partial charge in [0.15, 0.2) is 0 Å². The number of nitrogens with zero attached hydrogens (tertiary/aromatic N) is 3. The van der Waals surface area contributed by atoms with Crippen LogP contribution in [0.4, 0.5) is 0 Å². The molecular formula is C10H11N3O3. The molecule has 0 aliphatic carbocycles. The van der Waals surface area contributed by atoms with E-state index in [0.29, 0.717) is 17.8 Å². The fourth-order valence-electron chi connectivity index (χ4n) is 1.39. The molecule has 2 rings (SSSR count). The second kappa shape index (κ2) is 3.80. The van der Waals surface area contributed by atoms with E-state index in [2.05, 4.69) is 9.97 Å². The fraction of sp³-hybridized carbons (Fsp3) is 0.300. The van der Waals surface area contributed by atoms with Crippen molar-refractivity contribution in [3.63, 3.8) is 0 Å². The average Bonchev–Trinajstić information content (AvgIpc) is 2.82. The number of carboxylic acid groups (broad SMARTS) is 1. The van der Waals surface area contributed by atoms with Gasteiger partial charge in [-0.05, 0) is 6.42 Å². The van der Waals surface area contributed by atoms with Gasteiger partial charge in [-0.2, -0.15) is 0 Å². The van der Waals surface area contributed by atoms with E-state index in [0.717, 1.165) is 0 Å². The molecule has 0 aromatic carbocycles. The molecule has 2 aromatic rings. The Balaban J connectivity index is 2.47. The molecule has 0 unspecified atom stereocenters. The zero-order valence-electron chi connectivity index (χ0n) is 8.97. The first-order chi connectivity index (χ1) is 7.61. The Kier molecular flexibility index (Phi) is 2.47. The molecule has 0 amide bonds. The maximum absolute atomic E-state index is 10.9. The quantitative estimate of drug-likeness (QED) is 0.845. The summed E-state index contributed by atoms with van der Waals surface area (Å²) in [5.41, 5.74) is 0.970. The van der Waals surface area contributed by atoms with Gasteiger partial charge in [0.05, 0.1) is 12.0 Å². The van der Waals surface area contributed by atoms with E-state index >= 15 is 0 Å². The van der Waals surface area contributed by atoms with Crippen LogP contribution in [0.3, 0.4) is 0 Å². The van der Waals surface area contributed by atoms with Crippen LogP contribution in [0, 0.1) is 0 Å². The average molecular weight is 221 g/mol. The van der Waals surface area contributed by atoms with Gasteiger partial charge >= 0.3 is 5.97 Å². The van der Waals surface area contributed by atoms with Crippen molar-refractivity contribution in [3.05, 3.63) is 24.0 Å². The summed E-state index contributed by atoms with van der Waals surface area (Å²) in [6.45, 7) is 1.83. The molecule has 6 nitrogen and oxygen atoms in total. The van der Waals surface area contributed by atoms with Crippen LogP contribution in [0.5, 0.6) is 0 Å². The lowest BCUT2D eigenvalue weighted by atomic mass is 10.3. The normalized spacial score (nSPS) is 10.6. The predicted molar refractivity (Wildman–Crippen MR) is 55.0 cm³/mol. The van der Waals surface area contributed by atoms with Crippen LogP contribution in [0.2, 0.25) is 0 Å². The highest BCUT2D eigenvalue weighted by atomic mass is 16.4. The Labute approximate surface area is 91.6 Å². The van der Waals surface area contributed by atoms with Crippen molar-refractivity contribution in [2.24, 2.45) is 7.05 Å². The molecule has 0 spiro atoms. The minimum atomic E-state index is -1.11. The van der Waals surface area contributed by atoms with Gasteiger partial charge in [-0.25, -0.2) is 14.8 Å². The Morgan fingerprint density at radius 2 is 2.38 bits per heavy atom. The summed E-state index contributed by atoms with van der Waals surface area (Å²) in [6, 6.07) is 0. The largest absolute Gasteiger partial charge is 0.475 e. The van der Waals surface area contributed by atoms with Gasteiger partial charge in [-0.1, -0.05) is 6.92 Å². The van der Waals surface area contributed by atoms with Crippen LogP contribution in [0.15, 0.2) is 16.9 Å². The Hall–Kier alpha value is -2.11. The number of aromatic carboxylic acids is 1. The first-order valence-corrected chi connectivity index (χ1v) is 4.83. The van der Waals surface area contributed by atoms with Crippen LogP contribution < -0.4 is 0 Å². The maximum Gasteiger partial charge on any atom is 0.373 e. The van der Waals surface area contributed by atoms with E-state index in [-0.39, 0.29) is 11.7 Å². The lowest BCUT2D eigenvalue weighted by molar-refractivity contribution is 0.0662. The van der Waals surface area contributed by atoms with E-state index in [4.69, 9.17) is 9.52 Å². The molecule has 0 aliphatic heterocycles. The molecule has 0 bridgehead atoms. The molecule has 1 N–H and O–H groups in total. The summed E-state index contributed by atoms with van der Waals surface area (Å²) < 4.78 is 6.92. The van der Waals surface area contributed by atoms with Crippen LogP contribution in [0.1, 0.15) is 23.2 Å². The van der Waals surface area contributed by atoms with Gasteiger partial charge in [0.1, 0.15) is 5.69 Å². The van der Waals surface area contributed by atoms with Gasteiger partial charge in [0.25, 0.3) is 0 Å². The minimum absolute atomic E-state index is 0.108. The number of oxazole rings is 1. The minimum Gasteiger partial charge on any atom is -0.475 e. The highest BCUT2D eigenvalue weighted by Gasteiger charge is 2.19. The number of aryl methyl sites for hydroxylation is 2. The molecular weight excluding hydrogens is 210 g/mol. The number of aromatic nitrogens is 3. The van der Waals surface area contributed by atoms with Gasteiger partial charge in [0.2, 0.25) is 11.7 Å². The zero-order valence-corrected chi connectivity index (χ0v) is 8.97. The molecule has 2 heterocycles. The number of imidazole rings is 1. The Bertz CT molecular complexity index is 527. The van der Waals surface area contributed by atoms with E-state index in [1.165, 1.54) is 0 Å². The van der Waals surface area contributed by atoms with Crippen molar-refractivity contribution in [2.45, 2.75) is 13.3 Å². The standard InChI is InChI=1S/C10H11N3O3/c1-3-6-8(10(14)15)16-9(12-6)7-4-13(2)5-11-7/h4-5H,3H2,1-2H3,(H,14,15). The summed E-state index contributed by atoms with van der Waals surface area (Å²) in [5.74, 6) is -0.968. The number of hydrogen-bond acceptors (Lipinski definition) is 4. The second-order valence-corrected chi connectivity index (χ2v) is 3.38. The molecule has 0 radical (unpaired) electrons. The molecule has 0 aliphatic rings. The summed E-state index contributed by atoms with van der Waals surface area (Å²) in [7, 11) is 1.82. The third-order valence-corrected chi connectivity index (χ3v) is 2.15. The van der Waals surface area contributed by atoms with Crippen molar-refractivity contribution in [3.8, 4) is 11.6 Å². The Morgan fingerprint density at radius 3 is 2.81 bits per heavy atom. The third kappa shape index (κ3) is 1.69. The van der Waals surface area contributed by atoms with Gasteiger partial charge < -0.3 is 14.1 Å². The van der Waals surface area contributed by atoms with Crippen LogP contribution in [-0.4, -0.2) is 25.6 Å². The van der Waals surface area contributed by atoms with E-state index in [9.17, 15) is 4.79 Å². The summed E-state index contributed by atoms with van der Waals surface area (Å²) in [6.07, 6.45) is 3.83. The lowest BCUT2D eigenvalue weighted by Crippen LogP contribution is -1.98. The number of rotatable bonds is 3. The zero-order chi connectivity index (χ0) is 11.7. The summed E-state index contributed by atoms with van der Waals surface area (Å²) in [4.78, 5) is 19.0. The molecule has 6 heteroatoms. The van der Waals surface area contributed by atoms with E-state index in [1.807, 2.05) is 14.0 Å². The predicted octanol–water partition coefficient (Wildman–Crippen LogP) is 1.34. The molecule has 0 saturated heterocycles. The molecule has 16 heavy (non-hydrogen) atoms. The fourth-order valence-corrected chi connectivity index (χ4v) is 1.39. The third-order valence-electron chi connectivity index (χ3n) is 2.15. The van der Waals surface area contributed by atoms with E-state index in [1.54, 1.807) is 17.1 Å². The van der Waals surface area contributed by atoms with Gasteiger partial charge in [0, 0.05) is 13.2 Å². The van der Waals surface area contributed by atoms with E-state index < -0.39 is 5.97 Å². The highest BCUT2D eigenvalue weighted by molar-refractivity contribution is 5.86. The first-order valence-electron chi connectivity index (χ1n) is 4.83. The highest BCUT2D eigenvalue weighted by Crippen LogP contribution is 2.20. The van der Waals surface area contributed by atoms with Crippen LogP contribution >= 0.6 is 0 Å². The Morgan fingerprint density at radius 1 is 1.62 bits per heavy atom. The summed E-state index contributed by atoms with van der Waals surface area (Å²) in [5, 5.41) is 8.90. The van der Waals surface area contributed by atoms with Crippen molar-refractivity contribution in [1.82, 2.24) is 14.5 Å². The molecule has 0 fully saturated rings. The second-order valence-electron chi connectivity index (χ2n) is 3.38. The SMILES string of the molecule is CCc1nc(-c2cn(C)cn2)oc1C(=O)O. The van der Waals surface area contributed by atoms with Gasteiger partial charge in [-0.3, -0.25) is 0 Å². The first kappa shape index (κ1) is 10.4. The van der Waals surface area contributed by atoms with Crippen LogP contribution in [0.25, 0.3) is 11.6 Å². The number of hydrogen-bond donors (Lipinski definition) is 1. The maximum atomic E-state index is 10.9. The van der Waals surface area contributed by atoms with Crippen LogP contribution in [-0.2, 0) is 13.5 Å². The van der Waals surface area contributed by atoms with Crippen molar-refractivity contribution < 1.29 is 14.3 Å². The molecule has 2 aromatic heterocycles.